The Morgan fingerprint density at radius 1 is 1.67 bits per heavy atom. The molecule has 0 aliphatic rings. The number of fused-ring (bicyclic) bond motifs is 1. The molecule has 2 aromatic heterocycles. The predicted molar refractivity (Wildman–Crippen MR) is 55.5 cm³/mol. The lowest BCUT2D eigenvalue weighted by molar-refractivity contribution is 0.405. The number of aromatic nitrogens is 1. The Labute approximate surface area is 86.7 Å². The van der Waals surface area contributed by atoms with Crippen molar-refractivity contribution in [2.45, 2.75) is 6.54 Å². The molecule has 2 aromatic rings. The van der Waals surface area contributed by atoms with Gasteiger partial charge < -0.3 is 15.1 Å². The van der Waals surface area contributed by atoms with Gasteiger partial charge in [0.1, 0.15) is 5.76 Å². The van der Waals surface area contributed by atoms with E-state index >= 15 is 0 Å². The summed E-state index contributed by atoms with van der Waals surface area (Å²) in [4.78, 5) is 5.40. The molecule has 5 heteroatoms. The zero-order valence-electron chi connectivity index (χ0n) is 8.27. The Balaban J connectivity index is 2.40. The molecule has 0 atom stereocenters. The van der Waals surface area contributed by atoms with Gasteiger partial charge in [-0.05, 0) is 12.1 Å². The molecule has 76 valence electrons. The smallest absolute Gasteiger partial charge is 0.179 e. The molecule has 0 aromatic carbocycles. The molecule has 0 bridgehead atoms. The Morgan fingerprint density at radius 3 is 3.13 bits per heavy atom. The van der Waals surface area contributed by atoms with Gasteiger partial charge in [0.15, 0.2) is 17.6 Å². The Kier molecular flexibility index (Phi) is 2.18. The quantitative estimate of drug-likeness (QED) is 0.587. The summed E-state index contributed by atoms with van der Waals surface area (Å²) >= 11 is 0. The van der Waals surface area contributed by atoms with Crippen molar-refractivity contribution < 1.29 is 4.42 Å². The third-order valence-corrected chi connectivity index (χ3v) is 2.08. The Hall–Kier alpha value is -2.22. The lowest BCUT2D eigenvalue weighted by Crippen LogP contribution is -2.09. The minimum Gasteiger partial charge on any atom is -0.455 e. The van der Waals surface area contributed by atoms with Gasteiger partial charge in [0, 0.05) is 18.6 Å². The van der Waals surface area contributed by atoms with Gasteiger partial charge in [-0.1, -0.05) is 0 Å². The molecular formula is C10H10N4O. The van der Waals surface area contributed by atoms with E-state index < -0.39 is 0 Å². The zero-order chi connectivity index (χ0) is 10.8. The van der Waals surface area contributed by atoms with Crippen LogP contribution in [0, 0.1) is 11.5 Å². The molecule has 0 fully saturated rings. The van der Waals surface area contributed by atoms with E-state index in [9.17, 15) is 0 Å². The standard InChI is InChI=1S/C10H10N4O/c1-14(6-11)5-8-4-7-2-3-13-10(12)9(7)15-8/h2-4H,5H2,1H3,(H2,12,13). The van der Waals surface area contributed by atoms with Crippen molar-refractivity contribution in [3.8, 4) is 6.19 Å². The summed E-state index contributed by atoms with van der Waals surface area (Å²) in [7, 11) is 1.69. The van der Waals surface area contributed by atoms with Crippen LogP contribution in [-0.2, 0) is 6.54 Å². The average molecular weight is 202 g/mol. The fourth-order valence-corrected chi connectivity index (χ4v) is 1.39. The number of nitriles is 1. The topological polar surface area (TPSA) is 79.1 Å². The van der Waals surface area contributed by atoms with E-state index in [1.807, 2.05) is 18.3 Å². The number of nitrogens with two attached hydrogens (primary N) is 1. The first-order valence-electron chi connectivity index (χ1n) is 4.44. The molecule has 0 spiro atoms. The van der Waals surface area contributed by atoms with Gasteiger partial charge in [0.2, 0.25) is 0 Å². The predicted octanol–water partition coefficient (Wildman–Crippen LogP) is 1.32. The maximum Gasteiger partial charge on any atom is 0.179 e. The summed E-state index contributed by atoms with van der Waals surface area (Å²) < 4.78 is 5.49. The Bertz CT molecular complexity index is 526. The molecule has 0 unspecified atom stereocenters. The number of nitrogens with zero attached hydrogens (tertiary/aromatic N) is 3. The maximum atomic E-state index is 8.62. The minimum absolute atomic E-state index is 0.373. The van der Waals surface area contributed by atoms with Crippen molar-refractivity contribution in [2.75, 3.05) is 12.8 Å². The zero-order valence-corrected chi connectivity index (χ0v) is 8.27. The molecule has 2 heterocycles. The minimum atomic E-state index is 0.373. The molecule has 0 saturated carbocycles. The average Bonchev–Trinajstić information content (AvgIpc) is 2.62. The molecule has 0 saturated heterocycles. The van der Waals surface area contributed by atoms with Crippen LogP contribution in [-0.4, -0.2) is 16.9 Å². The van der Waals surface area contributed by atoms with Gasteiger partial charge in [-0.2, -0.15) is 5.26 Å². The molecule has 2 rings (SSSR count). The summed E-state index contributed by atoms with van der Waals surface area (Å²) in [5, 5.41) is 9.53. The van der Waals surface area contributed by atoms with Crippen LogP contribution in [0.5, 0.6) is 0 Å². The fourth-order valence-electron chi connectivity index (χ4n) is 1.39. The summed E-state index contributed by atoms with van der Waals surface area (Å²) in [5.74, 6) is 1.08. The van der Waals surface area contributed by atoms with Gasteiger partial charge in [-0.15, -0.1) is 0 Å². The highest BCUT2D eigenvalue weighted by Gasteiger charge is 2.08. The lowest BCUT2D eigenvalue weighted by atomic mass is 10.3. The summed E-state index contributed by atoms with van der Waals surface area (Å²) in [5.41, 5.74) is 6.23. The fraction of sp³-hybridized carbons (Fsp3) is 0.200. The van der Waals surface area contributed by atoms with E-state index in [2.05, 4.69) is 4.98 Å². The number of rotatable bonds is 2. The van der Waals surface area contributed by atoms with Crippen molar-refractivity contribution in [3.05, 3.63) is 24.1 Å². The van der Waals surface area contributed by atoms with E-state index in [1.165, 1.54) is 4.90 Å². The van der Waals surface area contributed by atoms with Crippen LogP contribution in [0.2, 0.25) is 0 Å². The normalized spacial score (nSPS) is 10.1. The number of nitrogen functional groups attached to an aromatic ring is 1. The second-order valence-corrected chi connectivity index (χ2v) is 3.28. The van der Waals surface area contributed by atoms with Crippen LogP contribution in [0.3, 0.4) is 0 Å². The second-order valence-electron chi connectivity index (χ2n) is 3.28. The third kappa shape index (κ3) is 1.70. The number of anilines is 1. The van der Waals surface area contributed by atoms with Crippen molar-refractivity contribution in [1.82, 2.24) is 9.88 Å². The van der Waals surface area contributed by atoms with Crippen molar-refractivity contribution in [3.63, 3.8) is 0 Å². The molecule has 0 amide bonds. The highest BCUT2D eigenvalue weighted by Crippen LogP contribution is 2.23. The SMILES string of the molecule is CN(C#N)Cc1cc2ccnc(N)c2o1. The van der Waals surface area contributed by atoms with Gasteiger partial charge in [0.25, 0.3) is 0 Å². The number of pyridine rings is 1. The largest absolute Gasteiger partial charge is 0.455 e. The van der Waals surface area contributed by atoms with Crippen LogP contribution in [0.25, 0.3) is 11.0 Å². The summed E-state index contributed by atoms with van der Waals surface area (Å²) in [6.45, 7) is 0.435. The van der Waals surface area contributed by atoms with Gasteiger partial charge >= 0.3 is 0 Å². The van der Waals surface area contributed by atoms with Crippen LogP contribution in [0.15, 0.2) is 22.7 Å². The molecule has 15 heavy (non-hydrogen) atoms. The summed E-state index contributed by atoms with van der Waals surface area (Å²) in [6, 6.07) is 3.69. The number of hydrogen-bond donors (Lipinski definition) is 1. The van der Waals surface area contributed by atoms with E-state index in [0.717, 1.165) is 5.39 Å². The van der Waals surface area contributed by atoms with E-state index in [4.69, 9.17) is 15.4 Å². The number of hydrogen-bond acceptors (Lipinski definition) is 5. The number of furan rings is 1. The molecule has 0 aliphatic heterocycles. The van der Waals surface area contributed by atoms with Crippen LogP contribution in [0.1, 0.15) is 5.76 Å². The molecule has 2 N–H and O–H groups in total. The summed E-state index contributed by atoms with van der Waals surface area (Å²) in [6.07, 6.45) is 3.63. The van der Waals surface area contributed by atoms with E-state index in [-0.39, 0.29) is 0 Å². The van der Waals surface area contributed by atoms with Gasteiger partial charge in [0.05, 0.1) is 6.54 Å². The van der Waals surface area contributed by atoms with Crippen LogP contribution in [0.4, 0.5) is 5.82 Å². The van der Waals surface area contributed by atoms with Crippen LogP contribution >= 0.6 is 0 Å². The van der Waals surface area contributed by atoms with Crippen molar-refractivity contribution >= 4 is 16.8 Å². The van der Waals surface area contributed by atoms with E-state index in [1.54, 1.807) is 13.2 Å². The highest BCUT2D eigenvalue weighted by molar-refractivity contribution is 5.85. The van der Waals surface area contributed by atoms with Gasteiger partial charge in [-0.25, -0.2) is 4.98 Å². The first-order valence-corrected chi connectivity index (χ1v) is 4.44. The monoisotopic (exact) mass is 202 g/mol. The first-order chi connectivity index (χ1) is 7.20. The molecule has 0 aliphatic carbocycles. The highest BCUT2D eigenvalue weighted by atomic mass is 16.3. The lowest BCUT2D eigenvalue weighted by Gasteiger charge is -2.04. The van der Waals surface area contributed by atoms with Gasteiger partial charge in [-0.3, -0.25) is 0 Å². The molecule has 5 nitrogen and oxygen atoms in total. The Morgan fingerprint density at radius 2 is 2.47 bits per heavy atom. The maximum absolute atomic E-state index is 8.62. The van der Waals surface area contributed by atoms with Crippen LogP contribution < -0.4 is 5.73 Å². The third-order valence-electron chi connectivity index (χ3n) is 2.08. The first kappa shape index (κ1) is 9.34. The van der Waals surface area contributed by atoms with Crippen molar-refractivity contribution in [1.29, 1.82) is 5.26 Å². The van der Waals surface area contributed by atoms with Crippen molar-refractivity contribution in [2.24, 2.45) is 0 Å². The van der Waals surface area contributed by atoms with E-state index in [0.29, 0.717) is 23.7 Å². The second kappa shape index (κ2) is 3.50. The molecule has 0 radical (unpaired) electrons. The molecular weight excluding hydrogens is 192 g/mol.